The Kier molecular flexibility index (Phi) is 5.21. The number of carbonyl (C=O) groups excluding carboxylic acids is 1. The zero-order valence-electron chi connectivity index (χ0n) is 14.8. The van der Waals surface area contributed by atoms with Gasteiger partial charge in [-0.3, -0.25) is 4.98 Å². The van der Waals surface area contributed by atoms with Crippen LogP contribution in [0.2, 0.25) is 5.02 Å². The molecule has 146 valence electrons. The predicted molar refractivity (Wildman–Crippen MR) is 97.3 cm³/mol. The number of carboxylic acids is 1. The van der Waals surface area contributed by atoms with Crippen molar-refractivity contribution in [3.63, 3.8) is 0 Å². The van der Waals surface area contributed by atoms with Crippen LogP contribution in [-0.4, -0.2) is 17.3 Å². The van der Waals surface area contributed by atoms with E-state index in [0.29, 0.717) is 15.9 Å². The summed E-state index contributed by atoms with van der Waals surface area (Å²) in [6, 6.07) is 9.85. The van der Waals surface area contributed by atoms with Gasteiger partial charge < -0.3 is 14.6 Å². The molecule has 2 aromatic carbocycles. The molecule has 0 fully saturated rings. The lowest BCUT2D eigenvalue weighted by molar-refractivity contribution is -0.274. The van der Waals surface area contributed by atoms with Gasteiger partial charge in [-0.25, -0.2) is 0 Å². The lowest BCUT2D eigenvalue weighted by Gasteiger charge is -2.20. The molecule has 0 aliphatic heterocycles. The number of benzene rings is 2. The lowest BCUT2D eigenvalue weighted by Crippen LogP contribution is -2.26. The summed E-state index contributed by atoms with van der Waals surface area (Å²) in [5.41, 5.74) is 0.956. The number of pyridine rings is 1. The number of ether oxygens (including phenoxy) is 1. The number of nitrogens with zero attached hydrogens (tertiary/aromatic N) is 1. The molecular weight excluding hydrogens is 395 g/mol. The van der Waals surface area contributed by atoms with E-state index >= 15 is 0 Å². The van der Waals surface area contributed by atoms with Crippen molar-refractivity contribution in [1.29, 1.82) is 0 Å². The molecule has 8 heteroatoms. The highest BCUT2D eigenvalue weighted by Gasteiger charge is 2.31. The van der Waals surface area contributed by atoms with Gasteiger partial charge in [-0.05, 0) is 41.8 Å². The first kappa shape index (κ1) is 19.9. The maximum atomic E-state index is 12.6. The number of fused-ring (bicyclic) bond motifs is 1. The van der Waals surface area contributed by atoms with E-state index in [-0.39, 0.29) is 28.3 Å². The molecule has 3 aromatic rings. The standard InChI is InChI=1S/C20H15ClF3NO3/c1-10(2)18-17(19(26)27)16(14-9-12(21)6-7-15(14)25-18)11-4-3-5-13(8-11)28-20(22,23)24/h3-10H,1-2H3,(H,26,27)/p-1. The van der Waals surface area contributed by atoms with Crippen molar-refractivity contribution >= 4 is 28.5 Å². The minimum atomic E-state index is -4.87. The molecule has 0 spiro atoms. The molecule has 1 heterocycles. The van der Waals surface area contributed by atoms with Gasteiger partial charge in [-0.15, -0.1) is 13.2 Å². The molecule has 1 aromatic heterocycles. The Morgan fingerprint density at radius 2 is 1.89 bits per heavy atom. The predicted octanol–water partition coefficient (Wildman–Crippen LogP) is 4.94. The number of rotatable bonds is 4. The molecule has 3 rings (SSSR count). The van der Waals surface area contributed by atoms with E-state index in [1.807, 2.05) is 0 Å². The Labute approximate surface area is 163 Å². The summed E-state index contributed by atoms with van der Waals surface area (Å²) >= 11 is 6.07. The summed E-state index contributed by atoms with van der Waals surface area (Å²) in [6.07, 6.45) is -4.87. The fourth-order valence-corrected chi connectivity index (χ4v) is 3.20. The molecule has 28 heavy (non-hydrogen) atoms. The molecule has 0 radical (unpaired) electrons. The molecule has 0 aliphatic carbocycles. The number of carbonyl (C=O) groups is 1. The van der Waals surface area contributed by atoms with Gasteiger partial charge in [0.15, 0.2) is 0 Å². The second-order valence-electron chi connectivity index (χ2n) is 6.43. The van der Waals surface area contributed by atoms with Gasteiger partial charge in [0, 0.05) is 21.5 Å². The average Bonchev–Trinajstić information content (AvgIpc) is 2.58. The Bertz CT molecular complexity index is 1060. The normalized spacial score (nSPS) is 11.8. The van der Waals surface area contributed by atoms with Crippen LogP contribution < -0.4 is 9.84 Å². The smallest absolute Gasteiger partial charge is 0.545 e. The first-order valence-corrected chi connectivity index (χ1v) is 8.65. The molecule has 0 saturated heterocycles. The van der Waals surface area contributed by atoms with Crippen LogP contribution in [0, 0.1) is 0 Å². The molecule has 0 amide bonds. The summed E-state index contributed by atoms with van der Waals surface area (Å²) in [7, 11) is 0. The van der Waals surface area contributed by atoms with Gasteiger partial charge >= 0.3 is 6.36 Å². The van der Waals surface area contributed by atoms with Gasteiger partial charge in [0.2, 0.25) is 0 Å². The SMILES string of the molecule is CC(C)c1nc2ccc(Cl)cc2c(-c2cccc(OC(F)(F)F)c2)c1C(=O)[O-]. The maximum absolute atomic E-state index is 12.6. The number of halogens is 4. The van der Waals surface area contributed by atoms with Crippen molar-refractivity contribution in [1.82, 2.24) is 4.98 Å². The summed E-state index contributed by atoms with van der Waals surface area (Å²) in [6.45, 7) is 3.53. The Morgan fingerprint density at radius 1 is 1.18 bits per heavy atom. The quantitative estimate of drug-likeness (QED) is 0.613. The van der Waals surface area contributed by atoms with E-state index in [1.165, 1.54) is 18.2 Å². The summed E-state index contributed by atoms with van der Waals surface area (Å²) in [4.78, 5) is 16.4. The minimum absolute atomic E-state index is 0.184. The van der Waals surface area contributed by atoms with Crippen LogP contribution in [0.5, 0.6) is 5.75 Å². The van der Waals surface area contributed by atoms with Gasteiger partial charge in [0.25, 0.3) is 0 Å². The molecule has 0 unspecified atom stereocenters. The van der Waals surface area contributed by atoms with Gasteiger partial charge in [0.1, 0.15) is 5.75 Å². The number of carboxylic acid groups (broad SMARTS) is 1. The molecular formula is C20H14ClF3NO3-. The largest absolute Gasteiger partial charge is 0.573 e. The van der Waals surface area contributed by atoms with Crippen LogP contribution >= 0.6 is 11.6 Å². The van der Waals surface area contributed by atoms with Crippen molar-refractivity contribution in [3.8, 4) is 16.9 Å². The number of alkyl halides is 3. The monoisotopic (exact) mass is 408 g/mol. The molecule has 0 N–H and O–H groups in total. The maximum Gasteiger partial charge on any atom is 0.573 e. The molecule has 0 aliphatic rings. The van der Waals surface area contributed by atoms with E-state index < -0.39 is 18.1 Å². The number of aromatic nitrogens is 1. The number of hydrogen-bond donors (Lipinski definition) is 0. The third-order valence-corrected chi connectivity index (χ3v) is 4.32. The molecule has 4 nitrogen and oxygen atoms in total. The molecule has 0 atom stereocenters. The van der Waals surface area contributed by atoms with E-state index in [9.17, 15) is 23.1 Å². The minimum Gasteiger partial charge on any atom is -0.545 e. The summed E-state index contributed by atoms with van der Waals surface area (Å²) in [5, 5.41) is 12.7. The van der Waals surface area contributed by atoms with E-state index in [2.05, 4.69) is 9.72 Å². The van der Waals surface area contributed by atoms with Crippen LogP contribution in [0.3, 0.4) is 0 Å². The van der Waals surface area contributed by atoms with Crippen molar-refractivity contribution < 1.29 is 27.8 Å². The van der Waals surface area contributed by atoms with Gasteiger partial charge in [-0.2, -0.15) is 0 Å². The fourth-order valence-electron chi connectivity index (χ4n) is 3.03. The zero-order valence-corrected chi connectivity index (χ0v) is 15.6. The highest BCUT2D eigenvalue weighted by molar-refractivity contribution is 6.31. The van der Waals surface area contributed by atoms with Gasteiger partial charge in [0.05, 0.1) is 17.2 Å². The Balaban J connectivity index is 2.38. The third-order valence-electron chi connectivity index (χ3n) is 4.08. The number of hydrogen-bond acceptors (Lipinski definition) is 4. The topological polar surface area (TPSA) is 62.2 Å². The first-order valence-electron chi connectivity index (χ1n) is 8.27. The molecule has 0 bridgehead atoms. The first-order chi connectivity index (χ1) is 13.1. The lowest BCUT2D eigenvalue weighted by atomic mass is 9.91. The van der Waals surface area contributed by atoms with Crippen LogP contribution in [-0.2, 0) is 0 Å². The summed E-state index contributed by atoms with van der Waals surface area (Å²) in [5.74, 6) is -2.20. The Hall–Kier alpha value is -2.80. The van der Waals surface area contributed by atoms with E-state index in [1.54, 1.807) is 26.0 Å². The molecule has 0 saturated carbocycles. The highest BCUT2D eigenvalue weighted by atomic mass is 35.5. The second-order valence-corrected chi connectivity index (χ2v) is 6.86. The van der Waals surface area contributed by atoms with E-state index in [4.69, 9.17) is 11.6 Å². The third kappa shape index (κ3) is 4.04. The van der Waals surface area contributed by atoms with Crippen molar-refractivity contribution in [3.05, 3.63) is 58.7 Å². The summed E-state index contributed by atoms with van der Waals surface area (Å²) < 4.78 is 41.8. The van der Waals surface area contributed by atoms with Crippen LogP contribution in [0.4, 0.5) is 13.2 Å². The zero-order chi connectivity index (χ0) is 20.6. The van der Waals surface area contributed by atoms with Crippen LogP contribution in [0.1, 0.15) is 35.8 Å². The van der Waals surface area contributed by atoms with Crippen molar-refractivity contribution in [2.45, 2.75) is 26.1 Å². The van der Waals surface area contributed by atoms with Crippen LogP contribution in [0.25, 0.3) is 22.0 Å². The van der Waals surface area contributed by atoms with Gasteiger partial charge in [-0.1, -0.05) is 37.6 Å². The second kappa shape index (κ2) is 7.31. The number of aromatic carboxylic acids is 1. The average molecular weight is 409 g/mol. The van der Waals surface area contributed by atoms with Crippen LogP contribution in [0.15, 0.2) is 42.5 Å². The highest BCUT2D eigenvalue weighted by Crippen LogP contribution is 2.38. The fraction of sp³-hybridized carbons (Fsp3) is 0.200. The van der Waals surface area contributed by atoms with Crippen molar-refractivity contribution in [2.75, 3.05) is 0 Å². The Morgan fingerprint density at radius 3 is 2.50 bits per heavy atom. The van der Waals surface area contributed by atoms with Crippen molar-refractivity contribution in [2.24, 2.45) is 0 Å². The van der Waals surface area contributed by atoms with E-state index in [0.717, 1.165) is 12.1 Å².